The second-order valence-electron chi connectivity index (χ2n) is 9.92. The summed E-state index contributed by atoms with van der Waals surface area (Å²) in [4.78, 5) is 29.5. The number of nitrogens with one attached hydrogen (secondary N) is 1. The summed E-state index contributed by atoms with van der Waals surface area (Å²) in [6.07, 6.45) is 4.24. The Morgan fingerprint density at radius 1 is 1.21 bits per heavy atom. The molecule has 1 fully saturated rings. The van der Waals surface area contributed by atoms with Gasteiger partial charge < -0.3 is 19.5 Å². The Morgan fingerprint density at radius 3 is 2.74 bits per heavy atom. The standard InChI is InChI=1S/C27H33N3O3S/c1-4-33-23-8-6-5-7-19(23)16-30-25(31)22-15-24-21(13-14-34-24)29(22)17-27(30,3)26(32)28-20-11-9-18(2)10-12-20/h5-8,13-15,18,20H,4,9-12,16-17H2,1-3H3,(H,28,32)/t18?,20?,27-/m1/s1. The molecule has 2 aromatic heterocycles. The topological polar surface area (TPSA) is 63.6 Å². The van der Waals surface area contributed by atoms with Crippen molar-refractivity contribution in [3.8, 4) is 5.75 Å². The molecule has 34 heavy (non-hydrogen) atoms. The third-order valence-electron chi connectivity index (χ3n) is 7.49. The number of hydrogen-bond donors (Lipinski definition) is 1. The Balaban J connectivity index is 1.51. The molecule has 0 bridgehead atoms. The summed E-state index contributed by atoms with van der Waals surface area (Å²) in [7, 11) is 0. The summed E-state index contributed by atoms with van der Waals surface area (Å²) in [6, 6.07) is 12.0. The first-order chi connectivity index (χ1) is 16.4. The second-order valence-corrected chi connectivity index (χ2v) is 10.9. The maximum absolute atomic E-state index is 13.9. The molecule has 5 rings (SSSR count). The molecule has 3 heterocycles. The van der Waals surface area contributed by atoms with Crippen molar-refractivity contribution in [1.82, 2.24) is 14.8 Å². The van der Waals surface area contributed by atoms with Crippen molar-refractivity contribution in [2.75, 3.05) is 6.61 Å². The van der Waals surface area contributed by atoms with Crippen molar-refractivity contribution in [3.63, 3.8) is 0 Å². The van der Waals surface area contributed by atoms with Gasteiger partial charge in [-0.1, -0.05) is 25.1 Å². The van der Waals surface area contributed by atoms with E-state index >= 15 is 0 Å². The van der Waals surface area contributed by atoms with E-state index < -0.39 is 5.54 Å². The Morgan fingerprint density at radius 2 is 1.97 bits per heavy atom. The van der Waals surface area contributed by atoms with Crippen LogP contribution in [0.3, 0.4) is 0 Å². The molecular formula is C27H33N3O3S. The number of thiophene rings is 1. The van der Waals surface area contributed by atoms with Gasteiger partial charge in [0, 0.05) is 11.6 Å². The maximum Gasteiger partial charge on any atom is 0.271 e. The first-order valence-corrected chi connectivity index (χ1v) is 13.2. The molecule has 0 saturated heterocycles. The number of carbonyl (C=O) groups is 2. The van der Waals surface area contributed by atoms with Gasteiger partial charge in [-0.25, -0.2) is 0 Å². The van der Waals surface area contributed by atoms with Crippen molar-refractivity contribution >= 4 is 33.4 Å². The minimum atomic E-state index is -1.01. The van der Waals surface area contributed by atoms with Crippen LogP contribution in [0.1, 0.15) is 62.5 Å². The lowest BCUT2D eigenvalue weighted by molar-refractivity contribution is -0.134. The third kappa shape index (κ3) is 4.00. The molecule has 1 saturated carbocycles. The zero-order chi connectivity index (χ0) is 23.9. The average molecular weight is 480 g/mol. The van der Waals surface area contributed by atoms with Gasteiger partial charge in [0.15, 0.2) is 0 Å². The highest BCUT2D eigenvalue weighted by molar-refractivity contribution is 7.17. The monoisotopic (exact) mass is 479 g/mol. The minimum absolute atomic E-state index is 0.0722. The van der Waals surface area contributed by atoms with Crippen LogP contribution in [0.15, 0.2) is 41.8 Å². The second kappa shape index (κ2) is 9.10. The van der Waals surface area contributed by atoms with Gasteiger partial charge in [-0.2, -0.15) is 0 Å². The fourth-order valence-corrected chi connectivity index (χ4v) is 6.19. The third-order valence-corrected chi connectivity index (χ3v) is 8.34. The van der Waals surface area contributed by atoms with Gasteiger partial charge in [0.1, 0.15) is 17.0 Å². The number of para-hydroxylation sites is 1. The lowest BCUT2D eigenvalue weighted by atomic mass is 9.86. The Kier molecular flexibility index (Phi) is 6.15. The zero-order valence-electron chi connectivity index (χ0n) is 20.2. The summed E-state index contributed by atoms with van der Waals surface area (Å²) in [5.74, 6) is 1.28. The number of nitrogens with zero attached hydrogens (tertiary/aromatic N) is 2. The number of ether oxygens (including phenoxy) is 1. The fourth-order valence-electron chi connectivity index (χ4n) is 5.37. The molecule has 1 atom stereocenters. The van der Waals surface area contributed by atoms with Crippen molar-refractivity contribution < 1.29 is 14.3 Å². The zero-order valence-corrected chi connectivity index (χ0v) is 21.0. The lowest BCUT2D eigenvalue weighted by Gasteiger charge is -2.45. The molecule has 7 heteroatoms. The van der Waals surface area contributed by atoms with E-state index in [1.165, 1.54) is 0 Å². The molecule has 1 N–H and O–H groups in total. The summed E-state index contributed by atoms with van der Waals surface area (Å²) in [5.41, 5.74) is 1.56. The van der Waals surface area contributed by atoms with Crippen LogP contribution in [0.4, 0.5) is 0 Å². The first kappa shape index (κ1) is 23.0. The van der Waals surface area contributed by atoms with Crippen molar-refractivity contribution in [3.05, 3.63) is 53.0 Å². The number of fused-ring (bicyclic) bond motifs is 3. The smallest absolute Gasteiger partial charge is 0.271 e. The molecule has 0 spiro atoms. The molecule has 0 radical (unpaired) electrons. The van der Waals surface area contributed by atoms with Crippen LogP contribution in [-0.4, -0.2) is 39.5 Å². The van der Waals surface area contributed by atoms with Gasteiger partial charge in [0.25, 0.3) is 5.91 Å². The molecule has 180 valence electrons. The highest BCUT2D eigenvalue weighted by Gasteiger charge is 2.48. The molecule has 2 aliphatic rings. The Labute approximate surface area is 204 Å². The van der Waals surface area contributed by atoms with Crippen LogP contribution in [0.25, 0.3) is 10.2 Å². The van der Waals surface area contributed by atoms with Crippen LogP contribution < -0.4 is 10.1 Å². The van der Waals surface area contributed by atoms with Crippen LogP contribution in [0, 0.1) is 5.92 Å². The quantitative estimate of drug-likeness (QED) is 0.528. The van der Waals surface area contributed by atoms with Gasteiger partial charge in [0.2, 0.25) is 5.91 Å². The lowest BCUT2D eigenvalue weighted by Crippen LogP contribution is -2.64. The average Bonchev–Trinajstić information content (AvgIpc) is 3.42. The highest BCUT2D eigenvalue weighted by atomic mass is 32.1. The largest absolute Gasteiger partial charge is 0.494 e. The highest BCUT2D eigenvalue weighted by Crippen LogP contribution is 2.36. The Bertz CT molecular complexity index is 1210. The van der Waals surface area contributed by atoms with E-state index in [9.17, 15) is 9.59 Å². The normalized spacial score (nSPS) is 24.8. The number of carbonyl (C=O) groups excluding carboxylic acids is 2. The van der Waals surface area contributed by atoms with Gasteiger partial charge in [-0.05, 0) is 69.0 Å². The molecule has 3 aromatic rings. The summed E-state index contributed by atoms with van der Waals surface area (Å²) >= 11 is 1.62. The van der Waals surface area contributed by atoms with E-state index in [0.29, 0.717) is 31.3 Å². The molecule has 1 aliphatic heterocycles. The van der Waals surface area contributed by atoms with E-state index in [-0.39, 0.29) is 17.9 Å². The summed E-state index contributed by atoms with van der Waals surface area (Å²) in [6.45, 7) is 7.43. The van der Waals surface area contributed by atoms with Gasteiger partial charge >= 0.3 is 0 Å². The van der Waals surface area contributed by atoms with E-state index in [1.807, 2.05) is 60.2 Å². The number of hydrogen-bond acceptors (Lipinski definition) is 4. The predicted octanol–water partition coefficient (Wildman–Crippen LogP) is 5.21. The molecule has 1 aliphatic carbocycles. The van der Waals surface area contributed by atoms with Crippen molar-refractivity contribution in [2.24, 2.45) is 5.92 Å². The van der Waals surface area contributed by atoms with Gasteiger partial charge in [-0.3, -0.25) is 9.59 Å². The van der Waals surface area contributed by atoms with Crippen LogP contribution in [0.2, 0.25) is 0 Å². The molecule has 6 nitrogen and oxygen atoms in total. The number of amides is 2. The van der Waals surface area contributed by atoms with Crippen LogP contribution in [0.5, 0.6) is 5.75 Å². The van der Waals surface area contributed by atoms with Gasteiger partial charge in [-0.15, -0.1) is 11.3 Å². The number of aromatic nitrogens is 1. The SMILES string of the molecule is CCOc1ccccc1CN1C(=O)c2cc3sccc3n2C[C@]1(C)C(=O)NC1CCC(C)CC1. The maximum atomic E-state index is 13.9. The van der Waals surface area contributed by atoms with Crippen LogP contribution in [-0.2, 0) is 17.9 Å². The summed E-state index contributed by atoms with van der Waals surface area (Å²) in [5, 5.41) is 5.35. The van der Waals surface area contributed by atoms with E-state index in [2.05, 4.69) is 12.2 Å². The van der Waals surface area contributed by atoms with Crippen molar-refractivity contribution in [1.29, 1.82) is 0 Å². The van der Waals surface area contributed by atoms with E-state index in [4.69, 9.17) is 4.74 Å². The molecule has 0 unspecified atom stereocenters. The van der Waals surface area contributed by atoms with Gasteiger partial charge in [0.05, 0.1) is 29.9 Å². The number of benzene rings is 1. The van der Waals surface area contributed by atoms with Crippen molar-refractivity contribution in [2.45, 2.75) is 71.1 Å². The first-order valence-electron chi connectivity index (χ1n) is 12.3. The van der Waals surface area contributed by atoms with Crippen LogP contribution >= 0.6 is 11.3 Å². The molecular weight excluding hydrogens is 446 g/mol. The molecule has 1 aromatic carbocycles. The summed E-state index contributed by atoms with van der Waals surface area (Å²) < 4.78 is 8.94. The fraction of sp³-hybridized carbons (Fsp3) is 0.481. The Hall–Kier alpha value is -2.80. The van der Waals surface area contributed by atoms with E-state index in [1.54, 1.807) is 16.2 Å². The predicted molar refractivity (Wildman–Crippen MR) is 135 cm³/mol. The number of rotatable bonds is 6. The molecule has 2 amide bonds. The minimum Gasteiger partial charge on any atom is -0.494 e. The van der Waals surface area contributed by atoms with E-state index in [0.717, 1.165) is 47.2 Å².